The largest absolute Gasteiger partial charge is 0.414 e. The molecular weight excluding hydrogens is 210 g/mol. The molecule has 1 heterocycles. The molecule has 0 aliphatic carbocycles. The average Bonchev–Trinajstić information content (AvgIpc) is 2.25. The Labute approximate surface area is 92.1 Å². The zero-order chi connectivity index (χ0) is 12.1. The van der Waals surface area contributed by atoms with Crippen molar-refractivity contribution in [2.24, 2.45) is 5.10 Å². The highest BCUT2D eigenvalue weighted by atomic mass is 16.5. The highest BCUT2D eigenvalue weighted by molar-refractivity contribution is 5.88. The molecule has 1 aliphatic heterocycles. The van der Waals surface area contributed by atoms with Crippen molar-refractivity contribution in [3.63, 3.8) is 0 Å². The van der Waals surface area contributed by atoms with Crippen LogP contribution in [0.3, 0.4) is 0 Å². The van der Waals surface area contributed by atoms with Gasteiger partial charge in [-0.15, -0.1) is 0 Å². The maximum Gasteiger partial charge on any atom is 0.308 e. The van der Waals surface area contributed by atoms with Gasteiger partial charge in [-0.3, -0.25) is 9.59 Å². The molecule has 0 radical (unpaired) electrons. The van der Waals surface area contributed by atoms with Crippen LogP contribution in [0.25, 0.3) is 0 Å². The summed E-state index contributed by atoms with van der Waals surface area (Å²) in [6, 6.07) is 1.74. The van der Waals surface area contributed by atoms with Gasteiger partial charge in [0, 0.05) is 25.6 Å². The molecule has 0 saturated heterocycles. The van der Waals surface area contributed by atoms with Crippen LogP contribution in [0.4, 0.5) is 0 Å². The SMILES string of the molecule is CC(=O)O/C(C#N)=C1/C=CN(C(C)=O)N=C1. The average molecular weight is 219 g/mol. The van der Waals surface area contributed by atoms with E-state index in [9.17, 15) is 9.59 Å². The van der Waals surface area contributed by atoms with Crippen LogP contribution >= 0.6 is 0 Å². The predicted molar refractivity (Wildman–Crippen MR) is 54.6 cm³/mol. The minimum Gasteiger partial charge on any atom is -0.414 e. The lowest BCUT2D eigenvalue weighted by Crippen LogP contribution is -2.19. The van der Waals surface area contributed by atoms with Gasteiger partial charge in [-0.2, -0.15) is 10.4 Å². The maximum atomic E-state index is 10.9. The van der Waals surface area contributed by atoms with Crippen molar-refractivity contribution in [1.29, 1.82) is 5.26 Å². The highest BCUT2D eigenvalue weighted by Crippen LogP contribution is 2.11. The molecule has 0 spiro atoms. The van der Waals surface area contributed by atoms with E-state index in [0.29, 0.717) is 5.57 Å². The van der Waals surface area contributed by atoms with Crippen molar-refractivity contribution in [1.82, 2.24) is 5.01 Å². The smallest absolute Gasteiger partial charge is 0.308 e. The Bertz CT molecular complexity index is 438. The van der Waals surface area contributed by atoms with Crippen LogP contribution in [0.2, 0.25) is 0 Å². The first-order valence-corrected chi connectivity index (χ1v) is 4.39. The van der Waals surface area contributed by atoms with E-state index in [0.717, 1.165) is 5.01 Å². The number of nitriles is 1. The van der Waals surface area contributed by atoms with Crippen LogP contribution in [0.1, 0.15) is 13.8 Å². The third kappa shape index (κ3) is 2.78. The van der Waals surface area contributed by atoms with Crippen LogP contribution in [0.5, 0.6) is 0 Å². The quantitative estimate of drug-likeness (QED) is 0.369. The number of carbonyl (C=O) groups is 2. The summed E-state index contributed by atoms with van der Waals surface area (Å²) in [5.74, 6) is -0.979. The van der Waals surface area contributed by atoms with Gasteiger partial charge in [0.15, 0.2) is 0 Å². The number of carbonyl (C=O) groups excluding carboxylic acids is 2. The van der Waals surface area contributed by atoms with E-state index < -0.39 is 5.97 Å². The molecule has 0 N–H and O–H groups in total. The Hall–Kier alpha value is -2.42. The summed E-state index contributed by atoms with van der Waals surface area (Å²) in [5, 5.41) is 13.6. The fraction of sp³-hybridized carbons (Fsp3) is 0.200. The van der Waals surface area contributed by atoms with Gasteiger partial charge in [0.1, 0.15) is 6.07 Å². The van der Waals surface area contributed by atoms with Crippen LogP contribution in [-0.2, 0) is 14.3 Å². The summed E-state index contributed by atoms with van der Waals surface area (Å²) in [6.45, 7) is 2.55. The van der Waals surface area contributed by atoms with Crippen molar-refractivity contribution in [3.8, 4) is 6.07 Å². The number of hydrogen-bond acceptors (Lipinski definition) is 5. The van der Waals surface area contributed by atoms with Gasteiger partial charge in [0.05, 0.1) is 6.21 Å². The first-order chi connectivity index (χ1) is 7.54. The summed E-state index contributed by atoms with van der Waals surface area (Å²) in [7, 11) is 0. The summed E-state index contributed by atoms with van der Waals surface area (Å²) >= 11 is 0. The van der Waals surface area contributed by atoms with Gasteiger partial charge in [-0.05, 0) is 6.08 Å². The molecule has 0 aromatic carbocycles. The molecule has 0 saturated carbocycles. The monoisotopic (exact) mass is 219 g/mol. The number of hydrazone groups is 1. The molecule has 0 unspecified atom stereocenters. The minimum atomic E-state index is -0.583. The molecule has 0 bridgehead atoms. The lowest BCUT2D eigenvalue weighted by Gasteiger charge is -2.13. The molecule has 6 heteroatoms. The summed E-state index contributed by atoms with van der Waals surface area (Å²) in [5.41, 5.74) is 0.343. The zero-order valence-corrected chi connectivity index (χ0v) is 8.80. The molecule has 0 atom stereocenters. The molecule has 0 aromatic heterocycles. The van der Waals surface area contributed by atoms with E-state index in [1.54, 1.807) is 6.07 Å². The summed E-state index contributed by atoms with van der Waals surface area (Å²) in [4.78, 5) is 21.6. The second-order valence-corrected chi connectivity index (χ2v) is 2.91. The molecule has 1 amide bonds. The minimum absolute atomic E-state index is 0.143. The molecule has 0 fully saturated rings. The number of hydrogen-bond donors (Lipinski definition) is 0. The van der Waals surface area contributed by atoms with Crippen LogP contribution in [0, 0.1) is 11.3 Å². The number of allylic oxidation sites excluding steroid dienone is 3. The number of nitrogens with zero attached hydrogens (tertiary/aromatic N) is 3. The zero-order valence-electron chi connectivity index (χ0n) is 8.80. The van der Waals surface area contributed by atoms with E-state index in [1.807, 2.05) is 0 Å². The van der Waals surface area contributed by atoms with E-state index in [2.05, 4.69) is 9.84 Å². The highest BCUT2D eigenvalue weighted by Gasteiger charge is 2.12. The van der Waals surface area contributed by atoms with Gasteiger partial charge in [0.25, 0.3) is 0 Å². The number of amides is 1. The third-order valence-electron chi connectivity index (χ3n) is 1.65. The van der Waals surface area contributed by atoms with Crippen LogP contribution < -0.4 is 0 Å². The maximum absolute atomic E-state index is 10.9. The van der Waals surface area contributed by atoms with Gasteiger partial charge >= 0.3 is 5.97 Å². The molecular formula is C10H9N3O3. The second-order valence-electron chi connectivity index (χ2n) is 2.91. The normalized spacial score (nSPS) is 16.7. The Morgan fingerprint density at radius 1 is 1.50 bits per heavy atom. The topological polar surface area (TPSA) is 82.8 Å². The van der Waals surface area contributed by atoms with Gasteiger partial charge in [0.2, 0.25) is 11.7 Å². The molecule has 16 heavy (non-hydrogen) atoms. The standard InChI is InChI=1S/C10H9N3O3/c1-7(14)13-4-3-9(6-12-13)10(5-11)16-8(2)15/h3-4,6H,1-2H3/b10-9-. The van der Waals surface area contributed by atoms with Crippen molar-refractivity contribution >= 4 is 18.1 Å². The Morgan fingerprint density at radius 2 is 2.19 bits per heavy atom. The number of rotatable bonds is 1. The fourth-order valence-corrected chi connectivity index (χ4v) is 0.967. The summed E-state index contributed by atoms with van der Waals surface area (Å²) < 4.78 is 4.67. The second kappa shape index (κ2) is 4.89. The molecule has 1 aliphatic rings. The molecule has 6 nitrogen and oxygen atoms in total. The first kappa shape index (κ1) is 11.7. The van der Waals surface area contributed by atoms with Crippen molar-refractivity contribution in [2.75, 3.05) is 0 Å². The van der Waals surface area contributed by atoms with E-state index >= 15 is 0 Å². The Morgan fingerprint density at radius 3 is 2.56 bits per heavy atom. The van der Waals surface area contributed by atoms with Crippen molar-refractivity contribution in [2.45, 2.75) is 13.8 Å². The lowest BCUT2D eigenvalue weighted by molar-refractivity contribution is -0.136. The summed E-state index contributed by atoms with van der Waals surface area (Å²) in [6.07, 6.45) is 4.14. The molecule has 82 valence electrons. The lowest BCUT2D eigenvalue weighted by atomic mass is 10.2. The van der Waals surface area contributed by atoms with Crippen molar-refractivity contribution in [3.05, 3.63) is 23.6 Å². The van der Waals surface area contributed by atoms with E-state index in [1.165, 1.54) is 32.3 Å². The van der Waals surface area contributed by atoms with Gasteiger partial charge in [-0.1, -0.05) is 0 Å². The molecule has 0 aromatic rings. The molecule has 1 rings (SSSR count). The number of ether oxygens (including phenoxy) is 1. The Balaban J connectivity index is 2.93. The van der Waals surface area contributed by atoms with Crippen LogP contribution in [-0.4, -0.2) is 23.1 Å². The Kier molecular flexibility index (Phi) is 3.56. The first-order valence-electron chi connectivity index (χ1n) is 4.39. The predicted octanol–water partition coefficient (Wildman–Crippen LogP) is 0.689. The van der Waals surface area contributed by atoms with E-state index in [4.69, 9.17) is 5.26 Å². The fourth-order valence-electron chi connectivity index (χ4n) is 0.967. The van der Waals surface area contributed by atoms with Gasteiger partial charge < -0.3 is 4.74 Å². The van der Waals surface area contributed by atoms with Crippen molar-refractivity contribution < 1.29 is 14.3 Å². The van der Waals surface area contributed by atoms with E-state index in [-0.39, 0.29) is 11.7 Å². The van der Waals surface area contributed by atoms with Gasteiger partial charge in [-0.25, -0.2) is 5.01 Å². The van der Waals surface area contributed by atoms with Crippen LogP contribution in [0.15, 0.2) is 28.7 Å². The third-order valence-corrected chi connectivity index (χ3v) is 1.65. The number of esters is 1.